The first-order valence-corrected chi connectivity index (χ1v) is 10.8. The number of fused-ring (bicyclic) bond motifs is 2. The van der Waals surface area contributed by atoms with E-state index in [9.17, 15) is 4.79 Å². The van der Waals surface area contributed by atoms with Gasteiger partial charge in [-0.1, -0.05) is 35.5 Å². The van der Waals surface area contributed by atoms with Crippen molar-refractivity contribution in [1.82, 2.24) is 9.80 Å². The maximum absolute atomic E-state index is 13.2. The quantitative estimate of drug-likeness (QED) is 0.807. The van der Waals surface area contributed by atoms with Gasteiger partial charge in [0, 0.05) is 60.5 Å². The summed E-state index contributed by atoms with van der Waals surface area (Å²) < 4.78 is 0. The molecule has 1 amide bonds. The highest BCUT2D eigenvalue weighted by molar-refractivity contribution is 7.99. The lowest BCUT2D eigenvalue weighted by Gasteiger charge is -2.35. The van der Waals surface area contributed by atoms with E-state index in [1.54, 1.807) is 11.8 Å². The minimum atomic E-state index is 0.0917. The Morgan fingerprint density at radius 1 is 0.964 bits per heavy atom. The molecule has 1 fully saturated rings. The van der Waals surface area contributed by atoms with E-state index in [-0.39, 0.29) is 12.5 Å². The summed E-state index contributed by atoms with van der Waals surface area (Å²) in [5.74, 6) is 0.0917. The Kier molecular flexibility index (Phi) is 6.23. The normalized spacial score (nSPS) is 17.3. The van der Waals surface area contributed by atoms with E-state index in [2.05, 4.69) is 15.9 Å². The Labute approximate surface area is 174 Å². The van der Waals surface area contributed by atoms with Crippen molar-refractivity contribution in [3.05, 3.63) is 47.5 Å². The highest BCUT2D eigenvalue weighted by Gasteiger charge is 2.28. The summed E-state index contributed by atoms with van der Waals surface area (Å²) in [4.78, 5) is 21.8. The van der Waals surface area contributed by atoms with Gasteiger partial charge in [0.25, 0.3) is 0 Å². The molecule has 2 aromatic rings. The molecule has 0 aromatic heterocycles. The molecule has 148 valence electrons. The Hall–Kier alpha value is -1.57. The van der Waals surface area contributed by atoms with Crippen LogP contribution >= 0.6 is 23.4 Å². The average Bonchev–Trinajstić information content (AvgIpc) is 2.71. The first-order valence-electron chi connectivity index (χ1n) is 9.60. The summed E-state index contributed by atoms with van der Waals surface area (Å²) in [5.41, 5.74) is 1.80. The molecule has 7 heteroatoms. The molecule has 1 N–H and O–H groups in total. The van der Waals surface area contributed by atoms with Crippen molar-refractivity contribution in [2.24, 2.45) is 0 Å². The second-order valence-electron chi connectivity index (χ2n) is 7.07. The molecule has 1 saturated heterocycles. The first kappa shape index (κ1) is 19.7. The number of amides is 1. The number of hydrogen-bond acceptors (Lipinski definition) is 5. The fourth-order valence-electron chi connectivity index (χ4n) is 3.74. The van der Waals surface area contributed by atoms with Gasteiger partial charge in [0.2, 0.25) is 5.91 Å². The molecule has 0 atom stereocenters. The third-order valence-corrected chi connectivity index (χ3v) is 6.63. The lowest BCUT2D eigenvalue weighted by Crippen LogP contribution is -2.47. The van der Waals surface area contributed by atoms with E-state index in [1.807, 2.05) is 41.3 Å². The lowest BCUT2D eigenvalue weighted by atomic mass is 10.2. The number of rotatable bonds is 5. The van der Waals surface area contributed by atoms with Gasteiger partial charge in [-0.2, -0.15) is 0 Å². The van der Waals surface area contributed by atoms with E-state index in [4.69, 9.17) is 16.7 Å². The molecule has 4 rings (SSSR count). The summed E-state index contributed by atoms with van der Waals surface area (Å²) in [7, 11) is 0. The van der Waals surface area contributed by atoms with Crippen molar-refractivity contribution in [3.63, 3.8) is 0 Å². The van der Waals surface area contributed by atoms with Crippen molar-refractivity contribution in [2.75, 3.05) is 50.8 Å². The minimum absolute atomic E-state index is 0.0917. The van der Waals surface area contributed by atoms with Gasteiger partial charge in [0.1, 0.15) is 0 Å². The Bertz CT molecular complexity index is 855. The number of anilines is 2. The third kappa shape index (κ3) is 4.21. The van der Waals surface area contributed by atoms with Gasteiger partial charge in [-0.15, -0.1) is 0 Å². The van der Waals surface area contributed by atoms with Crippen molar-refractivity contribution in [3.8, 4) is 0 Å². The molecule has 0 saturated carbocycles. The third-order valence-electron chi connectivity index (χ3n) is 5.26. The van der Waals surface area contributed by atoms with E-state index in [1.165, 1.54) is 0 Å². The predicted molar refractivity (Wildman–Crippen MR) is 114 cm³/mol. The summed E-state index contributed by atoms with van der Waals surface area (Å²) in [6.45, 7) is 5.42. The summed E-state index contributed by atoms with van der Waals surface area (Å²) in [5, 5.41) is 9.70. The molecule has 0 aliphatic carbocycles. The van der Waals surface area contributed by atoms with Crippen LogP contribution in [0, 0.1) is 0 Å². The monoisotopic (exact) mass is 417 g/mol. The number of para-hydroxylation sites is 1. The van der Waals surface area contributed by atoms with Crippen LogP contribution in [-0.4, -0.2) is 66.7 Å². The van der Waals surface area contributed by atoms with Crippen molar-refractivity contribution < 1.29 is 9.90 Å². The van der Waals surface area contributed by atoms with Gasteiger partial charge in [-0.05, 0) is 30.3 Å². The standard InChI is InChI=1S/C21H24ClN3O2S/c22-16-5-6-20-18(15-16)25(17-3-1-2-4-19(17)28-20)21(27)7-8-23-9-11-24(12-10-23)13-14-26/h1-6,15,26H,7-14H2. The zero-order chi connectivity index (χ0) is 19.5. The number of nitrogens with zero attached hydrogens (tertiary/aromatic N) is 3. The topological polar surface area (TPSA) is 47.0 Å². The molecule has 2 aromatic carbocycles. The molecule has 28 heavy (non-hydrogen) atoms. The summed E-state index contributed by atoms with van der Waals surface area (Å²) in [6, 6.07) is 13.8. The van der Waals surface area contributed by atoms with Crippen molar-refractivity contribution in [1.29, 1.82) is 0 Å². The van der Waals surface area contributed by atoms with Crippen LogP contribution in [0.2, 0.25) is 5.02 Å². The number of piperazine rings is 1. The van der Waals surface area contributed by atoms with Crippen LogP contribution in [-0.2, 0) is 4.79 Å². The van der Waals surface area contributed by atoms with Gasteiger partial charge in [0.05, 0.1) is 18.0 Å². The molecule has 0 unspecified atom stereocenters. The smallest absolute Gasteiger partial charge is 0.232 e. The number of carbonyl (C=O) groups is 1. The van der Waals surface area contributed by atoms with Gasteiger partial charge >= 0.3 is 0 Å². The Morgan fingerprint density at radius 3 is 2.39 bits per heavy atom. The van der Waals surface area contributed by atoms with Crippen LogP contribution in [0.15, 0.2) is 52.3 Å². The van der Waals surface area contributed by atoms with Crippen LogP contribution < -0.4 is 4.90 Å². The van der Waals surface area contributed by atoms with Gasteiger partial charge < -0.3 is 10.0 Å². The van der Waals surface area contributed by atoms with Crippen molar-refractivity contribution in [2.45, 2.75) is 16.2 Å². The van der Waals surface area contributed by atoms with E-state index in [0.29, 0.717) is 11.4 Å². The number of benzene rings is 2. The van der Waals surface area contributed by atoms with Crippen LogP contribution in [0.3, 0.4) is 0 Å². The number of aliphatic hydroxyl groups is 1. The fraction of sp³-hybridized carbons (Fsp3) is 0.381. The zero-order valence-corrected chi connectivity index (χ0v) is 17.3. The maximum atomic E-state index is 13.2. The van der Waals surface area contributed by atoms with Crippen molar-refractivity contribution >= 4 is 40.6 Å². The van der Waals surface area contributed by atoms with Crippen LogP contribution in [0.1, 0.15) is 6.42 Å². The molecule has 0 radical (unpaired) electrons. The number of hydrogen-bond donors (Lipinski definition) is 1. The molecule has 2 aliphatic heterocycles. The lowest BCUT2D eigenvalue weighted by molar-refractivity contribution is -0.118. The van der Waals surface area contributed by atoms with Crippen LogP contribution in [0.4, 0.5) is 11.4 Å². The second-order valence-corrected chi connectivity index (χ2v) is 8.59. The molecular weight excluding hydrogens is 394 g/mol. The van der Waals surface area contributed by atoms with E-state index in [0.717, 1.165) is 60.4 Å². The molecule has 0 bridgehead atoms. The minimum Gasteiger partial charge on any atom is -0.395 e. The molecule has 2 heterocycles. The first-order chi connectivity index (χ1) is 13.7. The van der Waals surface area contributed by atoms with Crippen LogP contribution in [0.25, 0.3) is 0 Å². The highest BCUT2D eigenvalue weighted by atomic mass is 35.5. The van der Waals surface area contributed by atoms with E-state index < -0.39 is 0 Å². The summed E-state index contributed by atoms with van der Waals surface area (Å²) >= 11 is 7.91. The Morgan fingerprint density at radius 2 is 1.64 bits per heavy atom. The average molecular weight is 418 g/mol. The highest BCUT2D eigenvalue weighted by Crippen LogP contribution is 2.48. The number of aliphatic hydroxyl groups excluding tert-OH is 1. The van der Waals surface area contributed by atoms with Gasteiger partial charge in [-0.3, -0.25) is 14.6 Å². The van der Waals surface area contributed by atoms with Gasteiger partial charge in [0.15, 0.2) is 0 Å². The number of halogens is 1. The molecule has 0 spiro atoms. The maximum Gasteiger partial charge on any atom is 0.232 e. The predicted octanol–water partition coefficient (Wildman–Crippen LogP) is 3.47. The second kappa shape index (κ2) is 8.84. The number of β-amino-alcohol motifs (C(OH)–C–C–N with tert-alkyl or cyclic N) is 1. The zero-order valence-electron chi connectivity index (χ0n) is 15.7. The molecule has 5 nitrogen and oxygen atoms in total. The van der Waals surface area contributed by atoms with E-state index >= 15 is 0 Å². The fourth-order valence-corrected chi connectivity index (χ4v) is 4.94. The molecule has 2 aliphatic rings. The van der Waals surface area contributed by atoms with Gasteiger partial charge in [-0.25, -0.2) is 0 Å². The number of carbonyl (C=O) groups excluding carboxylic acids is 1. The SMILES string of the molecule is O=C(CCN1CCN(CCO)CC1)N1c2ccccc2Sc2ccc(Cl)cc21. The molecular formula is C21H24ClN3O2S. The summed E-state index contributed by atoms with van der Waals surface area (Å²) in [6.07, 6.45) is 0.463. The van der Waals surface area contributed by atoms with Crippen LogP contribution in [0.5, 0.6) is 0 Å². The Balaban J connectivity index is 1.48. The largest absolute Gasteiger partial charge is 0.395 e.